The lowest BCUT2D eigenvalue weighted by Crippen LogP contribution is -2.00. The number of hydrogen-bond donors (Lipinski definition) is 1. The van der Waals surface area contributed by atoms with Crippen LogP contribution in [-0.2, 0) is 0 Å². The van der Waals surface area contributed by atoms with Gasteiger partial charge in [0.2, 0.25) is 0 Å². The second-order valence-electron chi connectivity index (χ2n) is 1.82. The van der Waals surface area contributed by atoms with E-state index in [0.717, 1.165) is 12.3 Å². The number of rotatable bonds is 3. The quantitative estimate of drug-likeness (QED) is 0.736. The van der Waals surface area contributed by atoms with Gasteiger partial charge in [0.05, 0.1) is 0 Å². The number of aromatic nitrogens is 1. The van der Waals surface area contributed by atoms with Crippen LogP contribution in [0.4, 0.5) is 0 Å². The van der Waals surface area contributed by atoms with E-state index < -0.39 is 0 Å². The number of pyridine rings is 1. The van der Waals surface area contributed by atoms with Crippen molar-refractivity contribution in [2.24, 2.45) is 5.73 Å². The average molecular weight is 191 g/mol. The summed E-state index contributed by atoms with van der Waals surface area (Å²) < 4.78 is 0. The number of nitrogens with two attached hydrogens (primary N) is 1. The van der Waals surface area contributed by atoms with Crippen LogP contribution in [0.3, 0.4) is 0 Å². The minimum atomic E-state index is 0. The van der Waals surface area contributed by atoms with Crippen LogP contribution in [0.5, 0.6) is 0 Å². The SMILES string of the molecule is Cl.NCCSc1ccncc1. The molecule has 1 aromatic rings. The van der Waals surface area contributed by atoms with Crippen molar-refractivity contribution in [2.75, 3.05) is 12.3 Å². The predicted molar refractivity (Wildman–Crippen MR) is 51.3 cm³/mol. The van der Waals surface area contributed by atoms with Crippen molar-refractivity contribution in [1.82, 2.24) is 4.98 Å². The number of halogens is 1. The lowest BCUT2D eigenvalue weighted by Gasteiger charge is -1.95. The summed E-state index contributed by atoms with van der Waals surface area (Å²) in [7, 11) is 0. The van der Waals surface area contributed by atoms with Crippen LogP contribution < -0.4 is 5.73 Å². The smallest absolute Gasteiger partial charge is 0.0278 e. The maximum atomic E-state index is 5.34. The molecule has 0 aliphatic carbocycles. The molecule has 1 heterocycles. The molecule has 11 heavy (non-hydrogen) atoms. The van der Waals surface area contributed by atoms with Crippen molar-refractivity contribution in [3.05, 3.63) is 24.5 Å². The summed E-state index contributed by atoms with van der Waals surface area (Å²) in [5.74, 6) is 0.976. The van der Waals surface area contributed by atoms with Crippen LogP contribution in [0, 0.1) is 0 Å². The molecule has 0 atom stereocenters. The van der Waals surface area contributed by atoms with E-state index in [1.165, 1.54) is 4.90 Å². The lowest BCUT2D eigenvalue weighted by molar-refractivity contribution is 1.15. The lowest BCUT2D eigenvalue weighted by atomic mass is 10.5. The standard InChI is InChI=1S/C7H10N2S.ClH/c8-3-6-10-7-1-4-9-5-2-7;/h1-2,4-5H,3,6,8H2;1H. The van der Waals surface area contributed by atoms with Crippen LogP contribution in [0.1, 0.15) is 0 Å². The maximum Gasteiger partial charge on any atom is 0.0278 e. The molecule has 1 aromatic heterocycles. The highest BCUT2D eigenvalue weighted by Crippen LogP contribution is 2.14. The van der Waals surface area contributed by atoms with E-state index in [9.17, 15) is 0 Å². The van der Waals surface area contributed by atoms with Gasteiger partial charge in [-0.3, -0.25) is 4.98 Å². The van der Waals surface area contributed by atoms with Crippen LogP contribution in [0.2, 0.25) is 0 Å². The largest absolute Gasteiger partial charge is 0.330 e. The maximum absolute atomic E-state index is 5.34. The van der Waals surface area contributed by atoms with Gasteiger partial charge in [-0.25, -0.2) is 0 Å². The van der Waals surface area contributed by atoms with Crippen molar-refractivity contribution >= 4 is 24.2 Å². The zero-order valence-electron chi connectivity index (χ0n) is 6.06. The molecule has 0 unspecified atom stereocenters. The molecule has 0 aliphatic rings. The van der Waals surface area contributed by atoms with Gasteiger partial charge >= 0.3 is 0 Å². The first kappa shape index (κ1) is 10.8. The Labute approximate surface area is 77.0 Å². The van der Waals surface area contributed by atoms with Crippen molar-refractivity contribution in [2.45, 2.75) is 4.90 Å². The zero-order valence-corrected chi connectivity index (χ0v) is 7.70. The Morgan fingerprint density at radius 2 is 2.00 bits per heavy atom. The van der Waals surface area contributed by atoms with Gasteiger partial charge < -0.3 is 5.73 Å². The Kier molecular flexibility index (Phi) is 6.31. The summed E-state index contributed by atoms with van der Waals surface area (Å²) in [6.45, 7) is 0.729. The molecule has 0 aromatic carbocycles. The first-order valence-corrected chi connectivity index (χ1v) is 4.15. The molecule has 0 fully saturated rings. The van der Waals surface area contributed by atoms with E-state index in [-0.39, 0.29) is 12.4 Å². The van der Waals surface area contributed by atoms with Crippen LogP contribution in [0.25, 0.3) is 0 Å². The molecule has 2 nitrogen and oxygen atoms in total. The fourth-order valence-electron chi connectivity index (χ4n) is 0.611. The van der Waals surface area contributed by atoms with Gasteiger partial charge in [-0.1, -0.05) is 0 Å². The summed E-state index contributed by atoms with van der Waals surface area (Å²) in [5, 5.41) is 0. The van der Waals surface area contributed by atoms with Gasteiger partial charge in [-0.15, -0.1) is 24.2 Å². The highest BCUT2D eigenvalue weighted by atomic mass is 35.5. The molecule has 4 heteroatoms. The van der Waals surface area contributed by atoms with E-state index >= 15 is 0 Å². The molecule has 0 amide bonds. The molecular formula is C7H11ClN2S. The Morgan fingerprint density at radius 1 is 1.36 bits per heavy atom. The highest BCUT2D eigenvalue weighted by Gasteiger charge is 1.88. The van der Waals surface area contributed by atoms with E-state index in [4.69, 9.17) is 5.73 Å². The summed E-state index contributed by atoms with van der Waals surface area (Å²) in [6, 6.07) is 3.97. The molecule has 2 N–H and O–H groups in total. The molecule has 62 valence electrons. The fraction of sp³-hybridized carbons (Fsp3) is 0.286. The molecule has 0 saturated carbocycles. The van der Waals surface area contributed by atoms with E-state index in [1.54, 1.807) is 24.2 Å². The predicted octanol–water partition coefficient (Wildman–Crippen LogP) is 1.55. The van der Waals surface area contributed by atoms with E-state index in [0.29, 0.717) is 0 Å². The van der Waals surface area contributed by atoms with Crippen molar-refractivity contribution in [3.8, 4) is 0 Å². The fourth-order valence-corrected chi connectivity index (χ4v) is 1.28. The molecule has 0 spiro atoms. The zero-order chi connectivity index (χ0) is 7.23. The Bertz CT molecular complexity index is 181. The van der Waals surface area contributed by atoms with Gasteiger partial charge in [-0.2, -0.15) is 0 Å². The third-order valence-electron chi connectivity index (χ3n) is 1.04. The molecular weight excluding hydrogens is 180 g/mol. The van der Waals surface area contributed by atoms with Crippen molar-refractivity contribution in [3.63, 3.8) is 0 Å². The second-order valence-corrected chi connectivity index (χ2v) is 2.99. The van der Waals surface area contributed by atoms with Crippen LogP contribution in [0.15, 0.2) is 29.4 Å². The third-order valence-corrected chi connectivity index (χ3v) is 2.08. The van der Waals surface area contributed by atoms with Crippen molar-refractivity contribution in [1.29, 1.82) is 0 Å². The Balaban J connectivity index is 0.000001000. The Morgan fingerprint density at radius 3 is 2.55 bits per heavy atom. The summed E-state index contributed by atoms with van der Waals surface area (Å²) in [6.07, 6.45) is 3.58. The monoisotopic (exact) mass is 190 g/mol. The number of thioether (sulfide) groups is 1. The van der Waals surface area contributed by atoms with Gasteiger partial charge in [0, 0.05) is 29.6 Å². The average Bonchev–Trinajstić information content (AvgIpc) is 2.03. The number of nitrogens with zero attached hydrogens (tertiary/aromatic N) is 1. The first-order chi connectivity index (χ1) is 4.93. The molecule has 0 radical (unpaired) electrons. The van der Waals surface area contributed by atoms with Gasteiger partial charge in [-0.05, 0) is 12.1 Å². The third kappa shape index (κ3) is 4.24. The summed E-state index contributed by atoms with van der Waals surface area (Å²) in [5.41, 5.74) is 5.34. The molecule has 0 aliphatic heterocycles. The van der Waals surface area contributed by atoms with Gasteiger partial charge in [0.15, 0.2) is 0 Å². The summed E-state index contributed by atoms with van der Waals surface area (Å²) in [4.78, 5) is 5.15. The molecule has 0 bridgehead atoms. The Hall–Kier alpha value is -0.250. The van der Waals surface area contributed by atoms with Gasteiger partial charge in [0.25, 0.3) is 0 Å². The number of hydrogen-bond acceptors (Lipinski definition) is 3. The molecule has 1 rings (SSSR count). The van der Waals surface area contributed by atoms with Gasteiger partial charge in [0.1, 0.15) is 0 Å². The van der Waals surface area contributed by atoms with Crippen molar-refractivity contribution < 1.29 is 0 Å². The first-order valence-electron chi connectivity index (χ1n) is 3.16. The van der Waals surface area contributed by atoms with E-state index in [2.05, 4.69) is 4.98 Å². The second kappa shape index (κ2) is 6.46. The normalized spacial score (nSPS) is 8.82. The minimum Gasteiger partial charge on any atom is -0.330 e. The van der Waals surface area contributed by atoms with Crippen LogP contribution in [-0.4, -0.2) is 17.3 Å². The molecule has 0 saturated heterocycles. The van der Waals surface area contributed by atoms with E-state index in [1.807, 2.05) is 12.1 Å². The minimum absolute atomic E-state index is 0. The summed E-state index contributed by atoms with van der Waals surface area (Å²) >= 11 is 1.76. The highest BCUT2D eigenvalue weighted by molar-refractivity contribution is 7.99. The topological polar surface area (TPSA) is 38.9 Å². The van der Waals surface area contributed by atoms with Crippen LogP contribution >= 0.6 is 24.2 Å².